The molecule has 1 amide bonds. The number of rotatable bonds is 6. The Balaban J connectivity index is 1.51. The zero-order valence-corrected chi connectivity index (χ0v) is 16.4. The number of hydrogen-bond donors (Lipinski definition) is 1. The minimum atomic E-state index is -0.301. The van der Waals surface area contributed by atoms with Gasteiger partial charge in [-0.1, -0.05) is 42.5 Å². The van der Waals surface area contributed by atoms with E-state index in [1.54, 1.807) is 12.1 Å². The molecule has 2 aromatic heterocycles. The number of aromatic nitrogens is 2. The van der Waals surface area contributed by atoms with E-state index < -0.39 is 0 Å². The van der Waals surface area contributed by atoms with Crippen LogP contribution >= 0.6 is 11.3 Å². The molecule has 29 heavy (non-hydrogen) atoms. The summed E-state index contributed by atoms with van der Waals surface area (Å²) in [6.45, 7) is 1.75. The highest BCUT2D eigenvalue weighted by Gasteiger charge is 2.16. The molecule has 0 aliphatic rings. The second-order valence-electron chi connectivity index (χ2n) is 6.50. The topological polar surface area (TPSA) is 64.1 Å². The summed E-state index contributed by atoms with van der Waals surface area (Å²) in [6, 6.07) is 15.8. The monoisotopic (exact) mass is 407 g/mol. The van der Waals surface area contributed by atoms with Crippen molar-refractivity contribution in [3.63, 3.8) is 0 Å². The standard InChI is InChI=1S/C22H18FN3O2S/c1-14(15-5-3-2-4-6-15)26-19(27)11-28-21-20-18(12-29-22(20)25-13-24-21)16-7-9-17(23)10-8-16/h2-10,12-14H,11H2,1H3,(H,26,27)/t14-/m1/s1. The fourth-order valence-electron chi connectivity index (χ4n) is 3.04. The minimum absolute atomic E-state index is 0.131. The second kappa shape index (κ2) is 8.36. The molecule has 0 unspecified atom stereocenters. The molecular weight excluding hydrogens is 389 g/mol. The van der Waals surface area contributed by atoms with Crippen molar-refractivity contribution in [1.29, 1.82) is 0 Å². The van der Waals surface area contributed by atoms with Crippen molar-refractivity contribution in [3.05, 3.63) is 77.7 Å². The maximum atomic E-state index is 13.3. The number of carbonyl (C=O) groups excluding carboxylic acids is 1. The van der Waals surface area contributed by atoms with Crippen LogP contribution in [0.15, 0.2) is 66.3 Å². The first-order valence-electron chi connectivity index (χ1n) is 9.07. The number of nitrogens with one attached hydrogen (secondary N) is 1. The number of ether oxygens (including phenoxy) is 1. The number of benzene rings is 2. The zero-order chi connectivity index (χ0) is 20.2. The van der Waals surface area contributed by atoms with Gasteiger partial charge in [-0.05, 0) is 30.2 Å². The molecule has 0 aliphatic carbocycles. The number of fused-ring (bicyclic) bond motifs is 1. The molecule has 0 saturated heterocycles. The number of halogens is 1. The fourth-order valence-corrected chi connectivity index (χ4v) is 3.95. The van der Waals surface area contributed by atoms with Crippen LogP contribution in [0.1, 0.15) is 18.5 Å². The van der Waals surface area contributed by atoms with Gasteiger partial charge in [0.05, 0.1) is 11.4 Å². The Morgan fingerprint density at radius 1 is 1.14 bits per heavy atom. The molecule has 0 radical (unpaired) electrons. The molecule has 146 valence electrons. The Bertz CT molecular complexity index is 1130. The van der Waals surface area contributed by atoms with Gasteiger partial charge in [0.15, 0.2) is 6.61 Å². The van der Waals surface area contributed by atoms with Gasteiger partial charge in [0.25, 0.3) is 5.91 Å². The highest BCUT2D eigenvalue weighted by atomic mass is 32.1. The minimum Gasteiger partial charge on any atom is -0.467 e. The van der Waals surface area contributed by atoms with E-state index in [0.29, 0.717) is 11.3 Å². The first kappa shape index (κ1) is 19.0. The van der Waals surface area contributed by atoms with E-state index in [4.69, 9.17) is 4.74 Å². The maximum Gasteiger partial charge on any atom is 0.258 e. The van der Waals surface area contributed by atoms with Gasteiger partial charge in [0.1, 0.15) is 17.0 Å². The van der Waals surface area contributed by atoms with Crippen molar-refractivity contribution < 1.29 is 13.9 Å². The lowest BCUT2D eigenvalue weighted by atomic mass is 10.1. The molecule has 4 rings (SSSR count). The molecular formula is C22H18FN3O2S. The molecule has 0 fully saturated rings. The van der Waals surface area contributed by atoms with Gasteiger partial charge < -0.3 is 10.1 Å². The van der Waals surface area contributed by atoms with Crippen molar-refractivity contribution in [2.24, 2.45) is 0 Å². The molecule has 5 nitrogen and oxygen atoms in total. The number of amides is 1. The van der Waals surface area contributed by atoms with Gasteiger partial charge in [0, 0.05) is 10.9 Å². The van der Waals surface area contributed by atoms with E-state index in [0.717, 1.165) is 21.5 Å². The number of nitrogens with zero attached hydrogens (tertiary/aromatic N) is 2. The van der Waals surface area contributed by atoms with Crippen LogP contribution in [0.2, 0.25) is 0 Å². The summed E-state index contributed by atoms with van der Waals surface area (Å²) < 4.78 is 19.0. The summed E-state index contributed by atoms with van der Waals surface area (Å²) in [5, 5.41) is 5.56. The molecule has 0 saturated carbocycles. The van der Waals surface area contributed by atoms with Gasteiger partial charge in [-0.3, -0.25) is 4.79 Å². The fraction of sp³-hybridized carbons (Fsp3) is 0.136. The van der Waals surface area contributed by atoms with Crippen molar-refractivity contribution in [1.82, 2.24) is 15.3 Å². The van der Waals surface area contributed by atoms with E-state index in [1.807, 2.05) is 42.6 Å². The van der Waals surface area contributed by atoms with Crippen molar-refractivity contribution in [2.45, 2.75) is 13.0 Å². The average molecular weight is 407 g/mol. The molecule has 7 heteroatoms. The van der Waals surface area contributed by atoms with E-state index in [2.05, 4.69) is 15.3 Å². The lowest BCUT2D eigenvalue weighted by Crippen LogP contribution is -2.31. The third kappa shape index (κ3) is 4.25. The van der Waals surface area contributed by atoms with Gasteiger partial charge in [-0.25, -0.2) is 14.4 Å². The molecule has 1 N–H and O–H groups in total. The van der Waals surface area contributed by atoms with Crippen LogP contribution < -0.4 is 10.1 Å². The van der Waals surface area contributed by atoms with Gasteiger partial charge in [-0.2, -0.15) is 0 Å². The summed E-state index contributed by atoms with van der Waals surface area (Å²) >= 11 is 1.44. The van der Waals surface area contributed by atoms with Gasteiger partial charge in [0.2, 0.25) is 5.88 Å². The number of hydrogen-bond acceptors (Lipinski definition) is 5. The van der Waals surface area contributed by atoms with Gasteiger partial charge in [-0.15, -0.1) is 11.3 Å². The Morgan fingerprint density at radius 2 is 1.90 bits per heavy atom. The zero-order valence-electron chi connectivity index (χ0n) is 15.6. The van der Waals surface area contributed by atoms with Crippen LogP contribution in [0.5, 0.6) is 5.88 Å². The Hall–Kier alpha value is -3.32. The van der Waals surface area contributed by atoms with Crippen LogP contribution in [-0.2, 0) is 4.79 Å². The van der Waals surface area contributed by atoms with Crippen molar-refractivity contribution >= 4 is 27.5 Å². The lowest BCUT2D eigenvalue weighted by molar-refractivity contribution is -0.123. The summed E-state index contributed by atoms with van der Waals surface area (Å²) in [6.07, 6.45) is 1.41. The molecule has 0 bridgehead atoms. The third-order valence-corrected chi connectivity index (χ3v) is 5.39. The predicted octanol–water partition coefficient (Wildman–Crippen LogP) is 4.75. The summed E-state index contributed by atoms with van der Waals surface area (Å²) in [5.74, 6) is -0.213. The highest BCUT2D eigenvalue weighted by Crippen LogP contribution is 2.37. The maximum absolute atomic E-state index is 13.3. The smallest absolute Gasteiger partial charge is 0.258 e. The SMILES string of the molecule is C[C@@H](NC(=O)COc1ncnc2scc(-c3ccc(F)cc3)c12)c1ccccc1. The van der Waals surface area contributed by atoms with Crippen LogP contribution in [0, 0.1) is 5.82 Å². The third-order valence-electron chi connectivity index (χ3n) is 4.51. The van der Waals surface area contributed by atoms with E-state index in [1.165, 1.54) is 29.8 Å². The number of carbonyl (C=O) groups is 1. The average Bonchev–Trinajstić information content (AvgIpc) is 3.18. The first-order valence-corrected chi connectivity index (χ1v) is 9.95. The summed E-state index contributed by atoms with van der Waals surface area (Å²) in [4.78, 5) is 21.6. The lowest BCUT2D eigenvalue weighted by Gasteiger charge is -2.14. The second-order valence-corrected chi connectivity index (χ2v) is 7.36. The van der Waals surface area contributed by atoms with Crippen molar-refractivity contribution in [2.75, 3.05) is 6.61 Å². The Morgan fingerprint density at radius 3 is 2.66 bits per heavy atom. The summed E-state index contributed by atoms with van der Waals surface area (Å²) in [5.41, 5.74) is 2.69. The number of thiophene rings is 1. The van der Waals surface area contributed by atoms with E-state index >= 15 is 0 Å². The van der Waals surface area contributed by atoms with E-state index in [-0.39, 0.29) is 24.4 Å². The molecule has 0 aliphatic heterocycles. The molecule has 2 heterocycles. The quantitative estimate of drug-likeness (QED) is 0.501. The van der Waals surface area contributed by atoms with Crippen LogP contribution in [0.3, 0.4) is 0 Å². The first-order chi connectivity index (χ1) is 14.1. The van der Waals surface area contributed by atoms with Crippen LogP contribution in [0.4, 0.5) is 4.39 Å². The normalized spacial score (nSPS) is 11.9. The Labute approximate surface area is 171 Å². The molecule has 4 aromatic rings. The summed E-state index contributed by atoms with van der Waals surface area (Å²) in [7, 11) is 0. The predicted molar refractivity (Wildman–Crippen MR) is 111 cm³/mol. The molecule has 1 atom stereocenters. The Kier molecular flexibility index (Phi) is 5.48. The van der Waals surface area contributed by atoms with E-state index in [9.17, 15) is 9.18 Å². The van der Waals surface area contributed by atoms with Crippen LogP contribution in [-0.4, -0.2) is 22.5 Å². The highest BCUT2D eigenvalue weighted by molar-refractivity contribution is 7.17. The molecule has 2 aromatic carbocycles. The largest absolute Gasteiger partial charge is 0.467 e. The van der Waals surface area contributed by atoms with Crippen LogP contribution in [0.25, 0.3) is 21.3 Å². The van der Waals surface area contributed by atoms with Gasteiger partial charge >= 0.3 is 0 Å². The van der Waals surface area contributed by atoms with Crippen molar-refractivity contribution in [3.8, 4) is 17.0 Å². The molecule has 0 spiro atoms.